The van der Waals surface area contributed by atoms with Crippen molar-refractivity contribution in [1.82, 2.24) is 5.32 Å². The number of benzene rings is 1. The highest BCUT2D eigenvalue weighted by Gasteiger charge is 2.18. The monoisotopic (exact) mass is 300 g/mol. The standard InChI is InChI=1S/C14H21ClN2O3/c1-3-9-16-11(10-20-2)7-8-12-13(15)5-4-6-14(12)17(18)19/h4-6,11,16H,3,7-10H2,1-2H3. The largest absolute Gasteiger partial charge is 0.383 e. The fraction of sp³-hybridized carbons (Fsp3) is 0.571. The molecule has 20 heavy (non-hydrogen) atoms. The molecule has 0 aromatic heterocycles. The van der Waals surface area contributed by atoms with Crippen LogP contribution >= 0.6 is 11.6 Å². The van der Waals surface area contributed by atoms with Crippen LogP contribution < -0.4 is 5.32 Å². The molecule has 0 aliphatic carbocycles. The van der Waals surface area contributed by atoms with Crippen molar-refractivity contribution in [2.45, 2.75) is 32.2 Å². The number of hydrogen-bond acceptors (Lipinski definition) is 4. The highest BCUT2D eigenvalue weighted by molar-refractivity contribution is 6.31. The van der Waals surface area contributed by atoms with Crippen LogP contribution in [0.15, 0.2) is 18.2 Å². The zero-order valence-corrected chi connectivity index (χ0v) is 12.7. The first-order valence-corrected chi connectivity index (χ1v) is 7.12. The number of rotatable bonds is 9. The molecule has 0 bridgehead atoms. The number of nitrogens with one attached hydrogen (secondary N) is 1. The average Bonchev–Trinajstić information content (AvgIpc) is 2.42. The first kappa shape index (κ1) is 16.9. The Labute approximate surface area is 124 Å². The van der Waals surface area contributed by atoms with E-state index in [9.17, 15) is 10.1 Å². The quantitative estimate of drug-likeness (QED) is 0.562. The van der Waals surface area contributed by atoms with E-state index in [1.165, 1.54) is 6.07 Å². The van der Waals surface area contributed by atoms with Gasteiger partial charge in [0.2, 0.25) is 0 Å². The molecule has 0 spiro atoms. The Hall–Kier alpha value is -1.17. The lowest BCUT2D eigenvalue weighted by molar-refractivity contribution is -0.385. The van der Waals surface area contributed by atoms with E-state index in [0.29, 0.717) is 23.6 Å². The van der Waals surface area contributed by atoms with Crippen LogP contribution in [0.4, 0.5) is 5.69 Å². The van der Waals surface area contributed by atoms with E-state index in [0.717, 1.165) is 19.4 Å². The average molecular weight is 301 g/mol. The van der Waals surface area contributed by atoms with Gasteiger partial charge in [0.15, 0.2) is 0 Å². The third-order valence-corrected chi connectivity index (χ3v) is 3.44. The minimum absolute atomic E-state index is 0.0872. The van der Waals surface area contributed by atoms with Gasteiger partial charge < -0.3 is 10.1 Å². The third kappa shape index (κ3) is 5.07. The van der Waals surface area contributed by atoms with Crippen molar-refractivity contribution in [1.29, 1.82) is 0 Å². The van der Waals surface area contributed by atoms with E-state index < -0.39 is 0 Å². The van der Waals surface area contributed by atoms with Gasteiger partial charge in [0.05, 0.1) is 16.6 Å². The summed E-state index contributed by atoms with van der Waals surface area (Å²) in [4.78, 5) is 10.6. The Morgan fingerprint density at radius 3 is 2.85 bits per heavy atom. The van der Waals surface area contributed by atoms with E-state index in [1.807, 2.05) is 0 Å². The van der Waals surface area contributed by atoms with E-state index >= 15 is 0 Å². The maximum atomic E-state index is 11.0. The molecule has 1 aromatic rings. The van der Waals surface area contributed by atoms with Crippen molar-refractivity contribution in [2.75, 3.05) is 20.3 Å². The Morgan fingerprint density at radius 2 is 2.25 bits per heavy atom. The second-order valence-corrected chi connectivity index (χ2v) is 5.05. The predicted molar refractivity (Wildman–Crippen MR) is 80.4 cm³/mol. The summed E-state index contributed by atoms with van der Waals surface area (Å²) in [6, 6.07) is 4.96. The zero-order chi connectivity index (χ0) is 15.0. The van der Waals surface area contributed by atoms with Crippen LogP contribution in [-0.4, -0.2) is 31.2 Å². The molecule has 0 saturated heterocycles. The van der Waals surface area contributed by atoms with Gasteiger partial charge in [0, 0.05) is 24.8 Å². The van der Waals surface area contributed by atoms with Crippen molar-refractivity contribution < 1.29 is 9.66 Å². The summed E-state index contributed by atoms with van der Waals surface area (Å²) < 4.78 is 5.17. The number of hydrogen-bond donors (Lipinski definition) is 1. The number of ether oxygens (including phenoxy) is 1. The molecule has 1 unspecified atom stereocenters. The molecule has 1 N–H and O–H groups in total. The van der Waals surface area contributed by atoms with Crippen LogP contribution in [0.5, 0.6) is 0 Å². The molecular weight excluding hydrogens is 280 g/mol. The molecule has 1 aromatic carbocycles. The van der Waals surface area contributed by atoms with Gasteiger partial charge in [-0.05, 0) is 31.9 Å². The van der Waals surface area contributed by atoms with Crippen molar-refractivity contribution in [3.63, 3.8) is 0 Å². The molecule has 0 radical (unpaired) electrons. The molecule has 0 saturated carbocycles. The number of halogens is 1. The number of nitrogens with zero attached hydrogens (tertiary/aromatic N) is 1. The third-order valence-electron chi connectivity index (χ3n) is 3.08. The lowest BCUT2D eigenvalue weighted by Crippen LogP contribution is -2.34. The van der Waals surface area contributed by atoms with Crippen molar-refractivity contribution in [3.8, 4) is 0 Å². The second kappa shape index (κ2) is 8.89. The second-order valence-electron chi connectivity index (χ2n) is 4.64. The summed E-state index contributed by atoms with van der Waals surface area (Å²) in [6.45, 7) is 3.58. The molecular formula is C14H21ClN2O3. The summed E-state index contributed by atoms with van der Waals surface area (Å²) in [5.74, 6) is 0. The van der Waals surface area contributed by atoms with E-state index in [1.54, 1.807) is 19.2 Å². The Morgan fingerprint density at radius 1 is 1.50 bits per heavy atom. The molecule has 0 aliphatic heterocycles. The summed E-state index contributed by atoms with van der Waals surface area (Å²) >= 11 is 6.08. The van der Waals surface area contributed by atoms with Gasteiger partial charge in [-0.3, -0.25) is 10.1 Å². The lowest BCUT2D eigenvalue weighted by atomic mass is 10.0. The summed E-state index contributed by atoms with van der Waals surface area (Å²) in [6.07, 6.45) is 2.34. The fourth-order valence-corrected chi connectivity index (χ4v) is 2.34. The molecule has 0 amide bonds. The molecule has 1 atom stereocenters. The number of nitro groups is 1. The highest BCUT2D eigenvalue weighted by Crippen LogP contribution is 2.27. The highest BCUT2D eigenvalue weighted by atomic mass is 35.5. The van der Waals surface area contributed by atoms with Crippen LogP contribution in [0.3, 0.4) is 0 Å². The van der Waals surface area contributed by atoms with E-state index in [4.69, 9.17) is 16.3 Å². The predicted octanol–water partition coefficient (Wildman–Crippen LogP) is 3.20. The first-order chi connectivity index (χ1) is 9.60. The lowest BCUT2D eigenvalue weighted by Gasteiger charge is -2.17. The van der Waals surface area contributed by atoms with Gasteiger partial charge in [-0.25, -0.2) is 0 Å². The maximum absolute atomic E-state index is 11.0. The van der Waals surface area contributed by atoms with Crippen LogP contribution in [0.25, 0.3) is 0 Å². The molecule has 0 heterocycles. The summed E-state index contributed by atoms with van der Waals surface area (Å²) in [7, 11) is 1.65. The molecule has 5 nitrogen and oxygen atoms in total. The van der Waals surface area contributed by atoms with Crippen LogP contribution in [-0.2, 0) is 11.2 Å². The molecule has 0 aliphatic rings. The fourth-order valence-electron chi connectivity index (χ4n) is 2.08. The minimum Gasteiger partial charge on any atom is -0.383 e. The summed E-state index contributed by atoms with van der Waals surface area (Å²) in [5, 5.41) is 14.8. The SMILES string of the molecule is CCCNC(CCc1c(Cl)cccc1[N+](=O)[O-])COC. The van der Waals surface area contributed by atoms with Gasteiger partial charge in [-0.15, -0.1) is 0 Å². The maximum Gasteiger partial charge on any atom is 0.274 e. The van der Waals surface area contributed by atoms with Crippen molar-refractivity contribution >= 4 is 17.3 Å². The van der Waals surface area contributed by atoms with Gasteiger partial charge in [0.1, 0.15) is 0 Å². The topological polar surface area (TPSA) is 64.4 Å². The van der Waals surface area contributed by atoms with Gasteiger partial charge in [-0.1, -0.05) is 24.6 Å². The Kier molecular flexibility index (Phi) is 7.51. The van der Waals surface area contributed by atoms with Crippen molar-refractivity contribution in [2.24, 2.45) is 0 Å². The van der Waals surface area contributed by atoms with Gasteiger partial charge in [0.25, 0.3) is 5.69 Å². The van der Waals surface area contributed by atoms with E-state index in [-0.39, 0.29) is 16.7 Å². The van der Waals surface area contributed by atoms with Crippen LogP contribution in [0.2, 0.25) is 5.02 Å². The molecule has 0 fully saturated rings. The van der Waals surface area contributed by atoms with Crippen molar-refractivity contribution in [3.05, 3.63) is 38.9 Å². The zero-order valence-electron chi connectivity index (χ0n) is 11.9. The van der Waals surface area contributed by atoms with Crippen LogP contribution in [0, 0.1) is 10.1 Å². The molecule has 1 rings (SSSR count). The number of nitro benzene ring substituents is 1. The minimum atomic E-state index is -0.383. The Bertz CT molecular complexity index is 440. The van der Waals surface area contributed by atoms with Gasteiger partial charge in [-0.2, -0.15) is 0 Å². The van der Waals surface area contributed by atoms with E-state index in [2.05, 4.69) is 12.2 Å². The molecule has 6 heteroatoms. The normalized spacial score (nSPS) is 12.3. The number of methoxy groups -OCH3 is 1. The van der Waals surface area contributed by atoms with Crippen LogP contribution in [0.1, 0.15) is 25.3 Å². The Balaban J connectivity index is 2.74. The smallest absolute Gasteiger partial charge is 0.274 e. The summed E-state index contributed by atoms with van der Waals surface area (Å²) in [5.41, 5.74) is 0.683. The molecule has 112 valence electrons. The first-order valence-electron chi connectivity index (χ1n) is 6.74. The van der Waals surface area contributed by atoms with Gasteiger partial charge >= 0.3 is 0 Å².